The van der Waals surface area contributed by atoms with Crippen molar-refractivity contribution >= 4 is 17.3 Å². The third-order valence-corrected chi connectivity index (χ3v) is 3.99. The topological polar surface area (TPSA) is 69.2 Å². The first-order chi connectivity index (χ1) is 8.50. The number of nitro benzene ring substituents is 1. The molecule has 0 spiro atoms. The van der Waals surface area contributed by atoms with Gasteiger partial charge in [0.25, 0.3) is 5.69 Å². The Bertz CT molecular complexity index is 456. The second-order valence-electron chi connectivity index (χ2n) is 5.13. The summed E-state index contributed by atoms with van der Waals surface area (Å²) in [6.45, 7) is 0. The molecule has 1 aromatic carbocycles. The number of hydrogen-bond donors (Lipinski definition) is 1. The Labute approximate surface area is 111 Å². The zero-order valence-corrected chi connectivity index (χ0v) is 10.9. The molecule has 0 aliphatic heterocycles. The monoisotopic (exact) mass is 268 g/mol. The molecule has 4 nitrogen and oxygen atoms in total. The van der Waals surface area contributed by atoms with E-state index in [1.807, 2.05) is 0 Å². The average molecular weight is 269 g/mol. The van der Waals surface area contributed by atoms with Crippen molar-refractivity contribution < 1.29 is 4.92 Å². The minimum atomic E-state index is -0.436. The number of halogens is 1. The second kappa shape index (κ2) is 5.24. The Morgan fingerprint density at radius 1 is 1.33 bits per heavy atom. The Morgan fingerprint density at radius 3 is 2.56 bits per heavy atom. The van der Waals surface area contributed by atoms with Gasteiger partial charge in [-0.25, -0.2) is 0 Å². The summed E-state index contributed by atoms with van der Waals surface area (Å²) >= 11 is 6.09. The summed E-state index contributed by atoms with van der Waals surface area (Å²) in [7, 11) is 0. The lowest BCUT2D eigenvalue weighted by Gasteiger charge is -2.33. The molecule has 0 saturated heterocycles. The van der Waals surface area contributed by atoms with Crippen molar-refractivity contribution in [1.82, 2.24) is 0 Å². The summed E-state index contributed by atoms with van der Waals surface area (Å²) in [6.07, 6.45) is 6.25. The predicted molar refractivity (Wildman–Crippen MR) is 71.8 cm³/mol. The van der Waals surface area contributed by atoms with Crippen LogP contribution in [0, 0.1) is 10.1 Å². The number of benzene rings is 1. The number of non-ortho nitro benzene ring substituents is 1. The Kier molecular flexibility index (Phi) is 3.88. The molecule has 0 amide bonds. The average Bonchev–Trinajstić information content (AvgIpc) is 2.32. The maximum Gasteiger partial charge on any atom is 0.270 e. The van der Waals surface area contributed by atoms with E-state index in [0.717, 1.165) is 31.2 Å². The first-order valence-corrected chi connectivity index (χ1v) is 6.60. The van der Waals surface area contributed by atoms with Gasteiger partial charge in [0.15, 0.2) is 0 Å². The Balaban J connectivity index is 2.16. The molecule has 18 heavy (non-hydrogen) atoms. The van der Waals surface area contributed by atoms with Gasteiger partial charge in [-0.2, -0.15) is 0 Å². The van der Waals surface area contributed by atoms with E-state index in [1.165, 1.54) is 18.6 Å². The lowest BCUT2D eigenvalue weighted by Crippen LogP contribution is -2.43. The van der Waals surface area contributed by atoms with Crippen LogP contribution in [-0.4, -0.2) is 10.5 Å². The fraction of sp³-hybridized carbons (Fsp3) is 0.538. The van der Waals surface area contributed by atoms with E-state index in [9.17, 15) is 10.1 Å². The van der Waals surface area contributed by atoms with Crippen LogP contribution >= 0.6 is 11.6 Å². The van der Waals surface area contributed by atoms with Crippen LogP contribution < -0.4 is 5.73 Å². The molecular formula is C13H17ClN2O2. The van der Waals surface area contributed by atoms with Crippen molar-refractivity contribution in [1.29, 1.82) is 0 Å². The van der Waals surface area contributed by atoms with Crippen LogP contribution in [0.25, 0.3) is 0 Å². The molecule has 0 bridgehead atoms. The van der Waals surface area contributed by atoms with E-state index in [2.05, 4.69) is 0 Å². The largest absolute Gasteiger partial charge is 0.325 e. The first-order valence-electron chi connectivity index (χ1n) is 6.22. The lowest BCUT2D eigenvalue weighted by molar-refractivity contribution is -0.384. The van der Waals surface area contributed by atoms with Gasteiger partial charge in [0.1, 0.15) is 0 Å². The highest BCUT2D eigenvalue weighted by atomic mass is 35.5. The van der Waals surface area contributed by atoms with Crippen LogP contribution in [0.1, 0.15) is 37.7 Å². The smallest absolute Gasteiger partial charge is 0.270 e. The molecule has 2 rings (SSSR count). The van der Waals surface area contributed by atoms with Gasteiger partial charge in [-0.05, 0) is 24.8 Å². The normalized spacial score (nSPS) is 18.6. The maximum absolute atomic E-state index is 10.6. The third-order valence-electron chi connectivity index (χ3n) is 3.64. The molecule has 0 atom stereocenters. The molecule has 1 aromatic rings. The van der Waals surface area contributed by atoms with Gasteiger partial charge in [0, 0.05) is 17.7 Å². The van der Waals surface area contributed by atoms with E-state index in [1.54, 1.807) is 6.07 Å². The van der Waals surface area contributed by atoms with Gasteiger partial charge in [-0.15, -0.1) is 0 Å². The second-order valence-corrected chi connectivity index (χ2v) is 5.54. The van der Waals surface area contributed by atoms with Gasteiger partial charge in [0.2, 0.25) is 0 Å². The zero-order valence-electron chi connectivity index (χ0n) is 10.2. The van der Waals surface area contributed by atoms with Gasteiger partial charge < -0.3 is 5.73 Å². The quantitative estimate of drug-likeness (QED) is 0.674. The summed E-state index contributed by atoms with van der Waals surface area (Å²) in [5.74, 6) is 0. The highest BCUT2D eigenvalue weighted by Gasteiger charge is 2.28. The van der Waals surface area contributed by atoms with E-state index in [0.29, 0.717) is 11.4 Å². The fourth-order valence-corrected chi connectivity index (χ4v) is 2.85. The number of nitro groups is 1. The first kappa shape index (κ1) is 13.3. The number of nitrogens with two attached hydrogens (primary N) is 1. The number of rotatable bonds is 3. The summed E-state index contributed by atoms with van der Waals surface area (Å²) < 4.78 is 0. The molecule has 1 fully saturated rings. The van der Waals surface area contributed by atoms with Gasteiger partial charge in [-0.3, -0.25) is 10.1 Å². The fourth-order valence-electron chi connectivity index (χ4n) is 2.61. The van der Waals surface area contributed by atoms with Crippen molar-refractivity contribution in [3.63, 3.8) is 0 Å². The van der Waals surface area contributed by atoms with E-state index in [4.69, 9.17) is 17.3 Å². The molecule has 5 heteroatoms. The molecular weight excluding hydrogens is 252 g/mol. The molecule has 0 unspecified atom stereocenters. The van der Waals surface area contributed by atoms with Crippen LogP contribution in [0.15, 0.2) is 18.2 Å². The van der Waals surface area contributed by atoms with Gasteiger partial charge in [-0.1, -0.05) is 36.9 Å². The molecule has 2 N–H and O–H groups in total. The SMILES string of the molecule is NC1(Cc2ccc([N+](=O)[O-])cc2Cl)CCCCC1. The van der Waals surface area contributed by atoms with Crippen LogP contribution in [-0.2, 0) is 6.42 Å². The van der Waals surface area contributed by atoms with Crippen LogP contribution in [0.4, 0.5) is 5.69 Å². The van der Waals surface area contributed by atoms with Gasteiger partial charge in [0.05, 0.1) is 9.95 Å². The Morgan fingerprint density at radius 2 is 2.00 bits per heavy atom. The van der Waals surface area contributed by atoms with Crippen molar-refractivity contribution in [2.75, 3.05) is 0 Å². The summed E-state index contributed by atoms with van der Waals surface area (Å²) in [5, 5.41) is 11.1. The van der Waals surface area contributed by atoms with E-state index >= 15 is 0 Å². The highest BCUT2D eigenvalue weighted by Crippen LogP contribution is 2.32. The van der Waals surface area contributed by atoms with Gasteiger partial charge >= 0.3 is 0 Å². The van der Waals surface area contributed by atoms with Crippen LogP contribution in [0.2, 0.25) is 5.02 Å². The summed E-state index contributed by atoms with van der Waals surface area (Å²) in [5.41, 5.74) is 7.10. The molecule has 0 aromatic heterocycles. The maximum atomic E-state index is 10.6. The predicted octanol–water partition coefficient (Wildman–Crippen LogP) is 3.45. The minimum absolute atomic E-state index is 0.0264. The van der Waals surface area contributed by atoms with Crippen molar-refractivity contribution in [2.45, 2.75) is 44.1 Å². The molecule has 98 valence electrons. The zero-order chi connectivity index (χ0) is 13.2. The molecule has 1 aliphatic carbocycles. The van der Waals surface area contributed by atoms with Crippen LogP contribution in [0.5, 0.6) is 0 Å². The number of nitrogens with zero attached hydrogens (tertiary/aromatic N) is 1. The number of hydrogen-bond acceptors (Lipinski definition) is 3. The summed E-state index contributed by atoms with van der Waals surface area (Å²) in [4.78, 5) is 10.2. The minimum Gasteiger partial charge on any atom is -0.325 e. The standard InChI is InChI=1S/C13H17ClN2O2/c14-12-8-11(16(17)18)5-4-10(12)9-13(15)6-2-1-3-7-13/h4-5,8H,1-3,6-7,9,15H2. The van der Waals surface area contributed by atoms with Crippen molar-refractivity contribution in [3.8, 4) is 0 Å². The Hall–Kier alpha value is -1.13. The highest BCUT2D eigenvalue weighted by molar-refractivity contribution is 6.31. The molecule has 1 saturated carbocycles. The van der Waals surface area contributed by atoms with E-state index in [-0.39, 0.29) is 11.2 Å². The van der Waals surface area contributed by atoms with E-state index < -0.39 is 4.92 Å². The molecule has 1 aliphatic rings. The molecule has 0 radical (unpaired) electrons. The lowest BCUT2D eigenvalue weighted by atomic mass is 9.78. The van der Waals surface area contributed by atoms with Crippen LogP contribution in [0.3, 0.4) is 0 Å². The third kappa shape index (κ3) is 3.00. The van der Waals surface area contributed by atoms with Crippen molar-refractivity contribution in [3.05, 3.63) is 38.9 Å². The molecule has 0 heterocycles. The van der Waals surface area contributed by atoms with Crippen molar-refractivity contribution in [2.24, 2.45) is 5.73 Å². The summed E-state index contributed by atoms with van der Waals surface area (Å²) in [6, 6.07) is 4.63.